The number of nitrogens with zero attached hydrogens (tertiary/aromatic N) is 1. The van der Waals surface area contributed by atoms with Crippen molar-refractivity contribution in [3.05, 3.63) is 85.1 Å². The molecule has 0 aromatic carbocycles. The van der Waals surface area contributed by atoms with Crippen LogP contribution in [0.2, 0.25) is 0 Å². The van der Waals surface area contributed by atoms with Gasteiger partial charge in [-0.05, 0) is 89.9 Å². The van der Waals surface area contributed by atoms with Crippen LogP contribution in [-0.2, 0) is 33.3 Å². The van der Waals surface area contributed by atoms with Crippen LogP contribution in [0.15, 0.2) is 85.1 Å². The third-order valence-electron chi connectivity index (χ3n) is 15.1. The van der Waals surface area contributed by atoms with Crippen molar-refractivity contribution < 1.29 is 42.9 Å². The minimum absolute atomic E-state index is 0.183. The maximum Gasteiger partial charge on any atom is 0.361 e. The van der Waals surface area contributed by atoms with Crippen LogP contribution in [0.1, 0.15) is 309 Å². The molecule has 0 aliphatic heterocycles. The Bertz CT molecular complexity index is 1640. The second kappa shape index (κ2) is 64.5. The molecule has 0 amide bonds. The van der Waals surface area contributed by atoms with Crippen molar-refractivity contribution in [2.45, 2.75) is 322 Å². The summed E-state index contributed by atoms with van der Waals surface area (Å²) in [5.41, 5.74) is 0. The summed E-state index contributed by atoms with van der Waals surface area (Å²) >= 11 is 0. The largest absolute Gasteiger partial charge is 0.477 e. The van der Waals surface area contributed by atoms with Gasteiger partial charge in [-0.3, -0.25) is 9.59 Å². The van der Waals surface area contributed by atoms with Crippen LogP contribution in [0.25, 0.3) is 0 Å². The Morgan fingerprint density at radius 1 is 0.373 bits per heavy atom. The Kier molecular flexibility index (Phi) is 61.7. The van der Waals surface area contributed by atoms with E-state index in [0.717, 1.165) is 77.0 Å². The molecule has 0 bridgehead atoms. The minimum Gasteiger partial charge on any atom is -0.477 e. The lowest BCUT2D eigenvalue weighted by atomic mass is 10.0. The molecule has 0 saturated heterocycles. The number of unbranched alkanes of at least 4 members (excludes halogenated alkanes) is 35. The fourth-order valence-corrected chi connectivity index (χ4v) is 9.84. The second-order valence-electron chi connectivity index (χ2n) is 24.5. The van der Waals surface area contributed by atoms with Crippen molar-refractivity contribution in [1.82, 2.24) is 0 Å². The molecular weight excluding hydrogens is 1030 g/mol. The molecule has 0 saturated carbocycles. The van der Waals surface area contributed by atoms with E-state index < -0.39 is 24.3 Å². The molecule has 0 spiro atoms. The molecule has 83 heavy (non-hydrogen) atoms. The van der Waals surface area contributed by atoms with Gasteiger partial charge in [0.15, 0.2) is 6.10 Å². The van der Waals surface area contributed by atoms with Gasteiger partial charge in [-0.2, -0.15) is 0 Å². The molecule has 0 fully saturated rings. The summed E-state index contributed by atoms with van der Waals surface area (Å²) in [6.45, 7) is 4.78. The summed E-state index contributed by atoms with van der Waals surface area (Å²) in [5.74, 6) is -2.00. The first-order valence-electron chi connectivity index (χ1n) is 34.8. The molecule has 0 heterocycles. The van der Waals surface area contributed by atoms with Crippen LogP contribution in [0.5, 0.6) is 0 Å². The van der Waals surface area contributed by atoms with Gasteiger partial charge in [0.1, 0.15) is 13.2 Å². The number of allylic oxidation sites excluding steroid dienone is 14. The number of esters is 2. The third kappa shape index (κ3) is 65.9. The van der Waals surface area contributed by atoms with Gasteiger partial charge < -0.3 is 28.5 Å². The molecule has 9 heteroatoms. The Hall–Kier alpha value is -3.53. The number of hydrogen-bond acceptors (Lipinski definition) is 7. The molecule has 480 valence electrons. The normalized spacial score (nSPS) is 13.2. The van der Waals surface area contributed by atoms with Gasteiger partial charge in [-0.15, -0.1) is 0 Å². The van der Waals surface area contributed by atoms with Crippen molar-refractivity contribution in [3.63, 3.8) is 0 Å². The highest BCUT2D eigenvalue weighted by Gasteiger charge is 2.25. The lowest BCUT2D eigenvalue weighted by Crippen LogP contribution is -2.40. The number of carbonyl (C=O) groups is 3. The maximum atomic E-state index is 12.9. The molecule has 9 nitrogen and oxygen atoms in total. The van der Waals surface area contributed by atoms with E-state index in [1.165, 1.54) is 205 Å². The lowest BCUT2D eigenvalue weighted by molar-refractivity contribution is -0.870. The van der Waals surface area contributed by atoms with Gasteiger partial charge in [0.2, 0.25) is 0 Å². The number of ether oxygens (including phenoxy) is 4. The van der Waals surface area contributed by atoms with E-state index in [0.29, 0.717) is 17.4 Å². The second-order valence-corrected chi connectivity index (χ2v) is 24.5. The Balaban J connectivity index is 4.09. The van der Waals surface area contributed by atoms with Crippen molar-refractivity contribution in [2.24, 2.45) is 0 Å². The van der Waals surface area contributed by atoms with Crippen LogP contribution in [-0.4, -0.2) is 87.4 Å². The average Bonchev–Trinajstić information content (AvgIpc) is 3.46. The Morgan fingerprint density at radius 2 is 0.687 bits per heavy atom. The van der Waals surface area contributed by atoms with E-state index >= 15 is 0 Å². The van der Waals surface area contributed by atoms with E-state index in [2.05, 4.69) is 98.9 Å². The number of quaternary nitrogens is 1. The molecule has 2 atom stereocenters. The summed E-state index contributed by atoms with van der Waals surface area (Å²) in [6.07, 6.45) is 84.1. The standard InChI is InChI=1S/C74H131NO8/c1-6-8-10-12-14-16-18-20-22-24-26-28-30-32-33-34-35-36-37-38-39-41-42-44-46-48-50-52-54-56-58-60-62-64-71(76)81-68-70(69-82-74(73(78)79)80-67-66-75(3,4)5)83-72(77)65-63-61-59-57-55-53-51-49-47-45-43-40-31-29-27-25-23-21-19-17-15-13-11-9-7-2/h9,11,15,17-18,20-21,23-24,26-27,29-30,32,70,74H,6-8,10,12-14,16,19,22,25,28,31,33-69H2,1-5H3/p+1/b11-9-,17-15-,20-18-,23-21-,26-24-,29-27-,32-30-. The predicted octanol–water partition coefficient (Wildman–Crippen LogP) is 21.5. The zero-order valence-electron chi connectivity index (χ0n) is 54.8. The number of rotatable bonds is 64. The van der Waals surface area contributed by atoms with E-state index in [-0.39, 0.29) is 32.2 Å². The maximum absolute atomic E-state index is 12.9. The van der Waals surface area contributed by atoms with Gasteiger partial charge in [0.25, 0.3) is 6.29 Å². The smallest absolute Gasteiger partial charge is 0.361 e. The molecular formula is C74H132NO8+. The molecule has 0 aliphatic rings. The summed E-state index contributed by atoms with van der Waals surface area (Å²) in [4.78, 5) is 37.6. The molecule has 0 aromatic heterocycles. The monoisotopic (exact) mass is 1160 g/mol. The molecule has 1 N–H and O–H groups in total. The first-order chi connectivity index (χ1) is 40.6. The molecule has 0 aliphatic carbocycles. The van der Waals surface area contributed by atoms with E-state index in [1.54, 1.807) is 0 Å². The van der Waals surface area contributed by atoms with Crippen LogP contribution in [0.3, 0.4) is 0 Å². The van der Waals surface area contributed by atoms with Crippen molar-refractivity contribution in [3.8, 4) is 0 Å². The van der Waals surface area contributed by atoms with Crippen LogP contribution in [0.4, 0.5) is 0 Å². The minimum atomic E-state index is -1.51. The quantitative estimate of drug-likeness (QED) is 0.0211. The van der Waals surface area contributed by atoms with Crippen molar-refractivity contribution in [1.29, 1.82) is 0 Å². The fourth-order valence-electron chi connectivity index (χ4n) is 9.84. The highest BCUT2D eigenvalue weighted by Crippen LogP contribution is 2.18. The SMILES string of the molecule is CC/C=C\C/C=C\C/C=C\C/C=C\CCCCCCCCCCCCCCC(=O)OC(COC(=O)CCCCCCCCCCCCCCCCCCCC/C=C\C/C=C\C/C=C\CCCCCCC)COC(OCC[N+](C)(C)C)C(=O)O. The van der Waals surface area contributed by atoms with E-state index in [1.807, 2.05) is 21.1 Å². The third-order valence-corrected chi connectivity index (χ3v) is 15.1. The summed E-state index contributed by atoms with van der Waals surface area (Å²) in [7, 11) is 5.98. The van der Waals surface area contributed by atoms with Gasteiger partial charge in [0, 0.05) is 12.8 Å². The van der Waals surface area contributed by atoms with Crippen LogP contribution in [0, 0.1) is 0 Å². The Labute approximate surface area is 512 Å². The zero-order valence-corrected chi connectivity index (χ0v) is 54.8. The molecule has 2 unspecified atom stereocenters. The molecule has 0 rings (SSSR count). The van der Waals surface area contributed by atoms with Crippen LogP contribution < -0.4 is 0 Å². The molecule has 0 aromatic rings. The Morgan fingerprint density at radius 3 is 1.02 bits per heavy atom. The topological polar surface area (TPSA) is 108 Å². The number of carboxylic acid groups (broad SMARTS) is 1. The first-order valence-corrected chi connectivity index (χ1v) is 34.8. The summed E-state index contributed by atoms with van der Waals surface area (Å²) < 4.78 is 23.0. The molecule has 0 radical (unpaired) electrons. The highest BCUT2D eigenvalue weighted by molar-refractivity contribution is 5.71. The van der Waals surface area contributed by atoms with Crippen molar-refractivity contribution >= 4 is 17.9 Å². The van der Waals surface area contributed by atoms with Gasteiger partial charge in [0.05, 0.1) is 34.4 Å². The van der Waals surface area contributed by atoms with Gasteiger partial charge in [-0.1, -0.05) is 292 Å². The lowest BCUT2D eigenvalue weighted by Gasteiger charge is -2.25. The number of carboxylic acids is 1. The van der Waals surface area contributed by atoms with E-state index in [9.17, 15) is 19.5 Å². The predicted molar refractivity (Wildman–Crippen MR) is 355 cm³/mol. The number of aliphatic carboxylic acids is 1. The van der Waals surface area contributed by atoms with Gasteiger partial charge >= 0.3 is 17.9 Å². The average molecular weight is 1160 g/mol. The van der Waals surface area contributed by atoms with E-state index in [4.69, 9.17) is 18.9 Å². The highest BCUT2D eigenvalue weighted by atomic mass is 16.7. The summed E-state index contributed by atoms with van der Waals surface area (Å²) in [6, 6.07) is 0. The van der Waals surface area contributed by atoms with Crippen LogP contribution >= 0.6 is 0 Å². The first kappa shape index (κ1) is 79.5. The number of likely N-dealkylation sites (N-methyl/N-ethyl adjacent to an activating group) is 1. The van der Waals surface area contributed by atoms with Gasteiger partial charge in [-0.25, -0.2) is 4.79 Å². The number of carbonyl (C=O) groups excluding carboxylic acids is 2. The zero-order chi connectivity index (χ0) is 60.5. The summed E-state index contributed by atoms with van der Waals surface area (Å²) in [5, 5.41) is 9.74. The number of hydrogen-bond donors (Lipinski definition) is 1. The van der Waals surface area contributed by atoms with Crippen molar-refractivity contribution in [2.75, 3.05) is 47.5 Å². The fraction of sp³-hybridized carbons (Fsp3) is 0.770.